The number of rotatable bonds is 0. The van der Waals surface area contributed by atoms with E-state index in [4.69, 9.17) is 17.5 Å². The molecule has 0 aromatic rings. The molecule has 2 N–H and O–H groups in total. The zero-order chi connectivity index (χ0) is 4.50. The molecule has 0 unspecified atom stereocenters. The summed E-state index contributed by atoms with van der Waals surface area (Å²) < 4.78 is 34.1. The Morgan fingerprint density at radius 2 is 1.12 bits per heavy atom. The molecular weight excluding hydrogens is 176 g/mol. The first-order valence-corrected chi connectivity index (χ1v) is 2.00. The Hall–Kier alpha value is 0.504. The zero-order valence-corrected chi connectivity index (χ0v) is 5.83. The van der Waals surface area contributed by atoms with Gasteiger partial charge >= 0.3 is 21.7 Å². The van der Waals surface area contributed by atoms with E-state index in [9.17, 15) is 0 Å². The second kappa shape index (κ2) is 7.50. The Balaban J connectivity index is -0.0000000267. The Bertz CT molecular complexity index is 91.7. The molecule has 48 valence electrons. The van der Waals surface area contributed by atoms with Crippen LogP contribution in [0.2, 0.25) is 0 Å². The predicted octanol–water partition coefficient (Wildman–Crippen LogP) is -2.28. The van der Waals surface area contributed by atoms with Crippen LogP contribution in [0.3, 0.4) is 0 Å². The molecule has 0 aromatic carbocycles. The van der Waals surface area contributed by atoms with Crippen molar-refractivity contribution in [2.75, 3.05) is 0 Å². The van der Waals surface area contributed by atoms with Crippen LogP contribution in [0.5, 0.6) is 0 Å². The van der Waals surface area contributed by atoms with Gasteiger partial charge in [-0.15, -0.1) is 0 Å². The van der Waals surface area contributed by atoms with E-state index in [1.165, 1.54) is 0 Å². The quantitative estimate of drug-likeness (QED) is 0.234. The van der Waals surface area contributed by atoms with Gasteiger partial charge in [-0.05, 0) is 0 Å². The summed E-state index contributed by atoms with van der Waals surface area (Å²) in [5.74, 6) is 0. The van der Waals surface area contributed by atoms with Gasteiger partial charge in [-0.25, -0.2) is 0 Å². The first kappa shape index (κ1) is 23.6. The Morgan fingerprint density at radius 1 is 1.12 bits per heavy atom. The maximum Gasteiger partial charge on any atom is 4.00 e. The summed E-state index contributed by atoms with van der Waals surface area (Å²) in [5, 5.41) is 0. The fourth-order valence-corrected chi connectivity index (χ4v) is 0. The van der Waals surface area contributed by atoms with E-state index in [1.54, 1.807) is 0 Å². The second-order valence-corrected chi connectivity index (χ2v) is 1.22. The van der Waals surface area contributed by atoms with Crippen molar-refractivity contribution >= 4 is 10.4 Å². The summed E-state index contributed by atoms with van der Waals surface area (Å²) >= 11 is 0. The molecule has 0 aromatic heterocycles. The van der Waals surface area contributed by atoms with E-state index in [1.807, 2.05) is 0 Å². The molecule has 0 bridgehead atoms. The van der Waals surface area contributed by atoms with Crippen LogP contribution in [-0.4, -0.2) is 23.0 Å². The van der Waals surface area contributed by atoms with Gasteiger partial charge in [0.25, 0.3) is 0 Å². The summed E-state index contributed by atoms with van der Waals surface area (Å²) in [4.78, 5) is 0. The van der Waals surface area contributed by atoms with E-state index >= 15 is 0 Å². The fraction of sp³-hybridized carbons (Fsp3) is 0. The number of hydrogen-bond donors (Lipinski definition) is 0. The molecule has 0 fully saturated rings. The minimum absolute atomic E-state index is 0. The summed E-state index contributed by atoms with van der Waals surface area (Å²) in [5.41, 5.74) is 0. The predicted molar refractivity (Wildman–Crippen MR) is 14.8 cm³/mol. The summed E-state index contributed by atoms with van der Waals surface area (Å²) in [6.07, 6.45) is 0. The van der Waals surface area contributed by atoms with Crippen molar-refractivity contribution in [2.24, 2.45) is 0 Å². The van der Waals surface area contributed by atoms with Gasteiger partial charge in [-0.3, -0.25) is 8.42 Å². The molecule has 0 amide bonds. The number of hydrogen-bond acceptors (Lipinski definition) is 4. The van der Waals surface area contributed by atoms with Crippen molar-refractivity contribution in [3.8, 4) is 0 Å². The third kappa shape index (κ3) is 775. The van der Waals surface area contributed by atoms with Gasteiger partial charge in [-0.2, -0.15) is 0 Å². The van der Waals surface area contributed by atoms with Crippen LogP contribution in [0.1, 0.15) is 0 Å². The Morgan fingerprint density at radius 3 is 1.12 bits per heavy atom. The first-order chi connectivity index (χ1) is 2.00. The maximum atomic E-state index is 8.52. The van der Waals surface area contributed by atoms with Crippen molar-refractivity contribution in [3.63, 3.8) is 0 Å². The van der Waals surface area contributed by atoms with Crippen LogP contribution in [0.15, 0.2) is 0 Å². The summed E-state index contributed by atoms with van der Waals surface area (Å²) in [6.45, 7) is 0. The maximum absolute atomic E-state index is 8.52. The van der Waals surface area contributed by atoms with Crippen molar-refractivity contribution < 1.29 is 50.2 Å². The van der Waals surface area contributed by atoms with Crippen molar-refractivity contribution in [1.82, 2.24) is 0 Å². The van der Waals surface area contributed by atoms with Gasteiger partial charge < -0.3 is 20.1 Å². The normalized spacial score (nSPS) is 7.25. The molecule has 8 heteroatoms. The van der Waals surface area contributed by atoms with Crippen LogP contribution in [0.25, 0.3) is 0 Å². The standard InChI is InChI=1S/H2O4S.H2O.O.Ti/c1-5(2,3)4;;;/h(H2,1,2,3,4);1H2;;/q;;-2;+4/p-2. The monoisotopic (exact) mass is 178 g/mol. The van der Waals surface area contributed by atoms with Gasteiger partial charge in [0.2, 0.25) is 0 Å². The molecule has 6 nitrogen and oxygen atoms in total. The zero-order valence-electron chi connectivity index (χ0n) is 3.45. The Labute approximate surface area is 61.0 Å². The van der Waals surface area contributed by atoms with E-state index < -0.39 is 10.4 Å². The molecule has 0 aliphatic rings. The molecule has 0 saturated heterocycles. The molecule has 0 spiro atoms. The van der Waals surface area contributed by atoms with Crippen molar-refractivity contribution in [3.05, 3.63) is 0 Å². The van der Waals surface area contributed by atoms with Gasteiger partial charge in [0.1, 0.15) is 0 Å². The van der Waals surface area contributed by atoms with Crippen LogP contribution in [0.4, 0.5) is 0 Å². The van der Waals surface area contributed by atoms with Crippen LogP contribution in [-0.2, 0) is 37.6 Å². The molecule has 0 heterocycles. The van der Waals surface area contributed by atoms with Gasteiger partial charge in [-0.1, -0.05) is 0 Å². The largest absolute Gasteiger partial charge is 4.00 e. The minimum Gasteiger partial charge on any atom is -2.00 e. The second-order valence-electron chi connectivity index (χ2n) is 0.408. The molecule has 0 atom stereocenters. The van der Waals surface area contributed by atoms with E-state index in [-0.39, 0.29) is 32.7 Å². The van der Waals surface area contributed by atoms with E-state index in [0.717, 1.165) is 0 Å². The van der Waals surface area contributed by atoms with Gasteiger partial charge in [0.15, 0.2) is 0 Å². The minimum atomic E-state index is -5.17. The van der Waals surface area contributed by atoms with Crippen molar-refractivity contribution in [1.29, 1.82) is 0 Å². The molecule has 0 radical (unpaired) electrons. The molecular formula is H2O6STi. The summed E-state index contributed by atoms with van der Waals surface area (Å²) in [7, 11) is -5.17. The van der Waals surface area contributed by atoms with E-state index in [0.29, 0.717) is 0 Å². The average Bonchev–Trinajstić information content (AvgIpc) is 0.722. The molecule has 0 saturated carbocycles. The van der Waals surface area contributed by atoms with Crippen LogP contribution < -0.4 is 0 Å². The molecule has 0 aliphatic carbocycles. The molecule has 0 rings (SSSR count). The van der Waals surface area contributed by atoms with E-state index in [2.05, 4.69) is 0 Å². The fourth-order valence-electron chi connectivity index (χ4n) is 0. The van der Waals surface area contributed by atoms with Gasteiger partial charge in [0, 0.05) is 10.4 Å². The van der Waals surface area contributed by atoms with Crippen LogP contribution in [0, 0.1) is 0 Å². The Kier molecular flexibility index (Phi) is 22.1. The summed E-state index contributed by atoms with van der Waals surface area (Å²) in [6, 6.07) is 0. The SMILES string of the molecule is O.O=S(=O)([O-])[O-].[O-2].[Ti+4]. The van der Waals surface area contributed by atoms with Crippen LogP contribution >= 0.6 is 0 Å². The smallest absolute Gasteiger partial charge is 2.00 e. The average molecular weight is 178 g/mol. The third-order valence-corrected chi connectivity index (χ3v) is 0. The first-order valence-electron chi connectivity index (χ1n) is 0.667. The topological polar surface area (TPSA) is 140 Å². The molecule has 8 heavy (non-hydrogen) atoms. The van der Waals surface area contributed by atoms with Gasteiger partial charge in [0.05, 0.1) is 0 Å². The third-order valence-electron chi connectivity index (χ3n) is 0. The molecule has 0 aliphatic heterocycles. The van der Waals surface area contributed by atoms with Crippen molar-refractivity contribution in [2.45, 2.75) is 0 Å².